The van der Waals surface area contributed by atoms with Crippen LogP contribution in [0.3, 0.4) is 0 Å². The lowest BCUT2D eigenvalue weighted by atomic mass is 13.8. The van der Waals surface area contributed by atoms with Crippen LogP contribution >= 0.6 is 10.4 Å². The van der Waals surface area contributed by atoms with Gasteiger partial charge in [-0.3, -0.25) is 0 Å². The third-order valence-electron chi connectivity index (χ3n) is 0.130. The molecule has 0 spiro atoms. The van der Waals surface area contributed by atoms with E-state index in [1.807, 2.05) is 0 Å². The highest BCUT2D eigenvalue weighted by atomic mass is 32.5. The number of rotatable bonds is 1. The van der Waals surface area contributed by atoms with Gasteiger partial charge in [-0.05, 0) is 4.94 Å². The van der Waals surface area contributed by atoms with Crippen LogP contribution in [-0.4, -0.2) is 0 Å². The summed E-state index contributed by atoms with van der Waals surface area (Å²) in [5, 5.41) is 0. The fourth-order valence-corrected chi connectivity index (χ4v) is 0. The molecule has 0 saturated heterocycles. The molecular weight excluding hydrogens is 160 g/mol. The van der Waals surface area contributed by atoms with E-state index < -0.39 is 15.3 Å². The normalized spacial score (nSPS) is 24.1. The summed E-state index contributed by atoms with van der Waals surface area (Å²) in [6.45, 7) is 0. The SMILES string of the molecule is [3H]N(F)S(F)(F)(F)(F)F. The van der Waals surface area contributed by atoms with E-state index in [9.17, 15) is 23.9 Å². The van der Waals surface area contributed by atoms with Gasteiger partial charge >= 0.3 is 10.4 Å². The molecule has 0 fully saturated rings. The van der Waals surface area contributed by atoms with Crippen LogP contribution in [0.25, 0.3) is 0 Å². The molecule has 0 unspecified atom stereocenters. The van der Waals surface area contributed by atoms with E-state index in [2.05, 4.69) is 0 Å². The Balaban J connectivity index is 4.76. The van der Waals surface area contributed by atoms with Gasteiger partial charge in [0.1, 0.15) is 0 Å². The van der Waals surface area contributed by atoms with Gasteiger partial charge in [-0.15, -0.1) is 4.48 Å². The summed E-state index contributed by atoms with van der Waals surface area (Å²) in [7, 11) is -10.3. The van der Waals surface area contributed by atoms with Crippen molar-refractivity contribution in [1.29, 1.82) is 0 Å². The van der Waals surface area contributed by atoms with Gasteiger partial charge in [0.2, 0.25) is 0 Å². The molecule has 0 aliphatic carbocycles. The number of halogens is 6. The fraction of sp³-hybridized carbons (Fsp3) is 0. The molecule has 8 heteroatoms. The average Bonchev–Trinajstić information content (AvgIpc) is 1.24. The summed E-state index contributed by atoms with van der Waals surface area (Å²) in [6, 6.07) is 0. The Labute approximate surface area is 41.9 Å². The molecule has 0 rings (SSSR count). The zero-order valence-corrected chi connectivity index (χ0v) is 3.94. The molecule has 0 amide bonds. The van der Waals surface area contributed by atoms with Crippen LogP contribution in [0.4, 0.5) is 23.9 Å². The first-order valence-electron chi connectivity index (χ1n) is 1.57. The molecule has 1 nitrogen and oxygen atoms in total. The van der Waals surface area contributed by atoms with Crippen LogP contribution in [0.2, 0.25) is 1.41 Å². The molecule has 0 atom stereocenters. The number of hydrogen-bond donors (Lipinski definition) is 1. The second-order valence-electron chi connectivity index (χ2n) is 0.997. The maximum absolute atomic E-state index is 10.7. The number of hydrogen-bond acceptors (Lipinski definition) is 1. The van der Waals surface area contributed by atoms with Gasteiger partial charge in [-0.25, -0.2) is 0 Å². The van der Waals surface area contributed by atoms with Crippen LogP contribution in [0.5, 0.6) is 0 Å². The summed E-state index contributed by atoms with van der Waals surface area (Å²) in [6.07, 6.45) is 0. The molecular formula is HF6NS. The largest absolute Gasteiger partial charge is 0.367 e. The van der Waals surface area contributed by atoms with E-state index in [1.165, 1.54) is 0 Å². The van der Waals surface area contributed by atoms with Gasteiger partial charge in [-0.2, -0.15) is 0 Å². The Morgan fingerprint density at radius 1 is 1.12 bits per heavy atom. The molecule has 0 bridgehead atoms. The topological polar surface area (TPSA) is 12.0 Å². The van der Waals surface area contributed by atoms with Gasteiger partial charge in [0.15, 0.2) is 1.41 Å². The quantitative estimate of drug-likeness (QED) is 0.462. The fourth-order valence-electron chi connectivity index (χ4n) is 0. The molecule has 0 radical (unpaired) electrons. The molecule has 0 saturated carbocycles. The highest BCUT2D eigenvalue weighted by Gasteiger charge is 2.64. The van der Waals surface area contributed by atoms with E-state index in [0.29, 0.717) is 0 Å². The van der Waals surface area contributed by atoms with Crippen LogP contribution in [0.1, 0.15) is 0 Å². The minimum Gasteiger partial charge on any atom is -0.118 e. The summed E-state index contributed by atoms with van der Waals surface area (Å²) >= 11 is 0. The van der Waals surface area contributed by atoms with E-state index in [-0.39, 0.29) is 0 Å². The van der Waals surface area contributed by atoms with Crippen molar-refractivity contribution >= 4 is 10.4 Å². The molecule has 0 aliphatic rings. The van der Waals surface area contributed by atoms with E-state index in [4.69, 9.17) is 1.41 Å². The van der Waals surface area contributed by atoms with E-state index in [1.54, 1.807) is 0 Å². The zero-order valence-electron chi connectivity index (χ0n) is 4.12. The second kappa shape index (κ2) is 0.947. The number of nitrogens with one attached hydrogen (secondary N) is 1. The smallest absolute Gasteiger partial charge is 0.118 e. The van der Waals surface area contributed by atoms with Crippen LogP contribution in [0, 0.1) is 0 Å². The lowest BCUT2D eigenvalue weighted by molar-refractivity contribution is 0.268. The van der Waals surface area contributed by atoms with Crippen molar-refractivity contribution in [3.63, 3.8) is 0 Å². The van der Waals surface area contributed by atoms with E-state index >= 15 is 0 Å². The summed E-state index contributed by atoms with van der Waals surface area (Å²) in [5.74, 6) is 0. The van der Waals surface area contributed by atoms with Crippen LogP contribution < -0.4 is 4.94 Å². The average molecular weight is 163 g/mol. The predicted molar refractivity (Wildman–Crippen MR) is 17.4 cm³/mol. The lowest BCUT2D eigenvalue weighted by Gasteiger charge is -2.36. The highest BCUT2D eigenvalue weighted by Crippen LogP contribution is 2.94. The van der Waals surface area contributed by atoms with E-state index in [0.717, 1.165) is 0 Å². The van der Waals surface area contributed by atoms with Crippen molar-refractivity contribution in [3.8, 4) is 0 Å². The standard InChI is InChI=1S/F6HNS/c1-7-8(2,3,4,5)6/h7H/i/hT. The minimum absolute atomic E-state index is 3.24. The monoisotopic (exact) mass is 163 g/mol. The Morgan fingerprint density at radius 2 is 1.25 bits per heavy atom. The lowest BCUT2D eigenvalue weighted by Crippen LogP contribution is -2.18. The maximum atomic E-state index is 10.7. The van der Waals surface area contributed by atoms with Gasteiger partial charge in [0, 0.05) is 0 Å². The van der Waals surface area contributed by atoms with Crippen molar-refractivity contribution in [2.24, 2.45) is 0 Å². The highest BCUT2D eigenvalue weighted by molar-refractivity contribution is 8.44. The molecule has 54 valence electrons. The zero-order chi connectivity index (χ0) is 7.99. The molecule has 0 aromatic carbocycles. The predicted octanol–water partition coefficient (Wildman–Crippen LogP) is 2.67. The third-order valence-corrected chi connectivity index (χ3v) is 0.391. The van der Waals surface area contributed by atoms with Crippen LogP contribution in [-0.2, 0) is 0 Å². The Morgan fingerprint density at radius 3 is 1.25 bits per heavy atom. The molecule has 0 aromatic rings. The molecule has 0 heterocycles. The Kier molecular flexibility index (Phi) is 0.712. The van der Waals surface area contributed by atoms with Crippen LogP contribution in [0.15, 0.2) is 0 Å². The van der Waals surface area contributed by atoms with Gasteiger partial charge < -0.3 is 0 Å². The van der Waals surface area contributed by atoms with Crippen molar-refractivity contribution in [3.05, 3.63) is 0 Å². The Hall–Kier alpha value is -0.110. The van der Waals surface area contributed by atoms with Crippen molar-refractivity contribution < 1.29 is 25.3 Å². The summed E-state index contributed by atoms with van der Waals surface area (Å²) < 4.78 is 69.1. The first kappa shape index (κ1) is 6.02. The van der Waals surface area contributed by atoms with Gasteiger partial charge in [0.25, 0.3) is 0 Å². The van der Waals surface area contributed by atoms with Gasteiger partial charge in [-0.1, -0.05) is 19.4 Å². The molecule has 0 aliphatic heterocycles. The first-order valence-corrected chi connectivity index (χ1v) is 3.03. The maximum Gasteiger partial charge on any atom is 0.367 e. The minimum atomic E-state index is -10.3. The van der Waals surface area contributed by atoms with Crippen molar-refractivity contribution in [1.82, 2.24) is 4.94 Å². The third kappa shape index (κ3) is 5.89. The molecule has 0 aromatic heterocycles. The summed E-state index contributed by atoms with van der Waals surface area (Å²) in [5.41, 5.74) is 0. The van der Waals surface area contributed by atoms with Gasteiger partial charge in [0.05, 0.1) is 0 Å². The molecule has 8 heavy (non-hydrogen) atoms. The first-order chi connectivity index (χ1) is 3.43. The molecule has 1 N–H and O–H groups in total. The van der Waals surface area contributed by atoms with Crippen molar-refractivity contribution in [2.75, 3.05) is 0 Å². The second-order valence-corrected chi connectivity index (χ2v) is 2.99. The van der Waals surface area contributed by atoms with Crippen molar-refractivity contribution in [2.45, 2.75) is 0 Å². The summed E-state index contributed by atoms with van der Waals surface area (Å²) in [4.78, 5) is -3.24. The Bertz CT molecular complexity index is 116.